The van der Waals surface area contributed by atoms with E-state index in [4.69, 9.17) is 4.74 Å². The molecule has 4 heteroatoms. The molecule has 0 saturated heterocycles. The minimum absolute atomic E-state index is 0.163. The first-order valence-corrected chi connectivity index (χ1v) is 6.59. The zero-order valence-electron chi connectivity index (χ0n) is 11.3. The van der Waals surface area contributed by atoms with E-state index in [-0.39, 0.29) is 5.69 Å². The Morgan fingerprint density at radius 1 is 1.05 bits per heavy atom. The zero-order valence-corrected chi connectivity index (χ0v) is 11.3. The lowest BCUT2D eigenvalue weighted by molar-refractivity contribution is 0.317. The maximum absolute atomic E-state index is 13.4. The Hall–Kier alpha value is -2.10. The van der Waals surface area contributed by atoms with Crippen LogP contribution in [0.1, 0.15) is 18.9 Å². The zero-order chi connectivity index (χ0) is 14.4. The lowest BCUT2D eigenvalue weighted by Gasteiger charge is -2.09. The van der Waals surface area contributed by atoms with Crippen molar-refractivity contribution in [3.63, 3.8) is 0 Å². The normalized spacial score (nSPS) is 10.3. The predicted molar refractivity (Wildman–Crippen MR) is 75.9 cm³/mol. The average molecular weight is 277 g/mol. The smallest absolute Gasteiger partial charge is 0.146 e. The van der Waals surface area contributed by atoms with Crippen LogP contribution in [0.15, 0.2) is 42.5 Å². The average Bonchev–Trinajstić information content (AvgIpc) is 2.47. The highest BCUT2D eigenvalue weighted by molar-refractivity contribution is 5.45. The number of hydrogen-bond acceptors (Lipinski definition) is 2. The molecule has 106 valence electrons. The quantitative estimate of drug-likeness (QED) is 0.846. The van der Waals surface area contributed by atoms with E-state index < -0.39 is 11.6 Å². The Morgan fingerprint density at radius 3 is 2.50 bits per heavy atom. The number of benzene rings is 2. The fourth-order valence-electron chi connectivity index (χ4n) is 1.75. The first-order valence-electron chi connectivity index (χ1n) is 6.59. The first kappa shape index (κ1) is 14.3. The minimum Gasteiger partial charge on any atom is -0.494 e. The molecule has 0 heterocycles. The largest absolute Gasteiger partial charge is 0.494 e. The highest BCUT2D eigenvalue weighted by Crippen LogP contribution is 2.17. The molecule has 0 aliphatic rings. The molecule has 0 aromatic heterocycles. The van der Waals surface area contributed by atoms with E-state index in [1.54, 1.807) is 0 Å². The Kier molecular flexibility index (Phi) is 4.93. The SMILES string of the molecule is CCCOc1ccc(CNc2cc(F)ccc2F)cc1. The molecule has 2 nitrogen and oxygen atoms in total. The van der Waals surface area contributed by atoms with Crippen molar-refractivity contribution < 1.29 is 13.5 Å². The van der Waals surface area contributed by atoms with Crippen molar-refractivity contribution >= 4 is 5.69 Å². The summed E-state index contributed by atoms with van der Waals surface area (Å²) in [7, 11) is 0. The first-order chi connectivity index (χ1) is 9.69. The topological polar surface area (TPSA) is 21.3 Å². The van der Waals surface area contributed by atoms with E-state index in [1.165, 1.54) is 0 Å². The molecule has 0 unspecified atom stereocenters. The summed E-state index contributed by atoms with van der Waals surface area (Å²) >= 11 is 0. The van der Waals surface area contributed by atoms with Crippen LogP contribution in [-0.4, -0.2) is 6.61 Å². The molecular weight excluding hydrogens is 260 g/mol. The monoisotopic (exact) mass is 277 g/mol. The molecule has 0 fully saturated rings. The van der Waals surface area contributed by atoms with Gasteiger partial charge in [0.1, 0.15) is 17.4 Å². The molecule has 1 N–H and O–H groups in total. The van der Waals surface area contributed by atoms with Crippen molar-refractivity contribution in [2.75, 3.05) is 11.9 Å². The fourth-order valence-corrected chi connectivity index (χ4v) is 1.75. The van der Waals surface area contributed by atoms with Crippen LogP contribution in [0, 0.1) is 11.6 Å². The van der Waals surface area contributed by atoms with Gasteiger partial charge in [0.2, 0.25) is 0 Å². The van der Waals surface area contributed by atoms with Crippen LogP contribution < -0.4 is 10.1 Å². The van der Waals surface area contributed by atoms with Crippen molar-refractivity contribution in [3.05, 3.63) is 59.7 Å². The molecule has 2 rings (SSSR count). The Balaban J connectivity index is 1.95. The molecular formula is C16H17F2NO. The second-order valence-corrected chi connectivity index (χ2v) is 4.47. The molecule has 0 radical (unpaired) electrons. The molecule has 0 atom stereocenters. The molecule has 0 aliphatic carbocycles. The van der Waals surface area contributed by atoms with Crippen LogP contribution in [0.2, 0.25) is 0 Å². The molecule has 0 bridgehead atoms. The summed E-state index contributed by atoms with van der Waals surface area (Å²) in [6, 6.07) is 10.9. The second-order valence-electron chi connectivity index (χ2n) is 4.47. The third kappa shape index (κ3) is 3.95. The summed E-state index contributed by atoms with van der Waals surface area (Å²) in [6.45, 7) is 3.16. The van der Waals surface area contributed by atoms with Crippen molar-refractivity contribution in [1.29, 1.82) is 0 Å². The van der Waals surface area contributed by atoms with Crippen LogP contribution >= 0.6 is 0 Å². The van der Waals surface area contributed by atoms with Gasteiger partial charge in [-0.05, 0) is 42.3 Å². The van der Waals surface area contributed by atoms with Gasteiger partial charge in [-0.2, -0.15) is 0 Å². The van der Waals surface area contributed by atoms with E-state index in [9.17, 15) is 8.78 Å². The van der Waals surface area contributed by atoms with Gasteiger partial charge in [0, 0.05) is 6.54 Å². The van der Waals surface area contributed by atoms with Crippen molar-refractivity contribution in [3.8, 4) is 5.75 Å². The van der Waals surface area contributed by atoms with Gasteiger partial charge in [-0.3, -0.25) is 0 Å². The number of hydrogen-bond donors (Lipinski definition) is 1. The van der Waals surface area contributed by atoms with E-state index in [1.807, 2.05) is 31.2 Å². The summed E-state index contributed by atoms with van der Waals surface area (Å²) in [6.07, 6.45) is 0.960. The second kappa shape index (κ2) is 6.89. The number of halogens is 2. The lowest BCUT2D eigenvalue weighted by atomic mass is 10.2. The minimum atomic E-state index is -0.464. The van der Waals surface area contributed by atoms with Gasteiger partial charge in [0.15, 0.2) is 0 Å². The van der Waals surface area contributed by atoms with E-state index in [0.29, 0.717) is 13.2 Å². The molecule has 0 saturated carbocycles. The van der Waals surface area contributed by atoms with Crippen molar-refractivity contribution in [1.82, 2.24) is 0 Å². The summed E-state index contributed by atoms with van der Waals surface area (Å²) < 4.78 is 31.9. The summed E-state index contributed by atoms with van der Waals surface area (Å²) in [5, 5.41) is 2.88. The van der Waals surface area contributed by atoms with Crippen LogP contribution in [0.4, 0.5) is 14.5 Å². The van der Waals surface area contributed by atoms with Gasteiger partial charge in [-0.15, -0.1) is 0 Å². The maximum atomic E-state index is 13.4. The number of nitrogens with one attached hydrogen (secondary N) is 1. The van der Waals surface area contributed by atoms with E-state index in [2.05, 4.69) is 5.32 Å². The molecule has 0 aliphatic heterocycles. The van der Waals surface area contributed by atoms with Gasteiger partial charge < -0.3 is 10.1 Å². The summed E-state index contributed by atoms with van der Waals surface area (Å²) in [5.74, 6) is -0.112. The van der Waals surface area contributed by atoms with Gasteiger partial charge in [-0.1, -0.05) is 19.1 Å². The van der Waals surface area contributed by atoms with Gasteiger partial charge in [-0.25, -0.2) is 8.78 Å². The Morgan fingerprint density at radius 2 is 1.80 bits per heavy atom. The van der Waals surface area contributed by atoms with Crippen molar-refractivity contribution in [2.45, 2.75) is 19.9 Å². The fraction of sp³-hybridized carbons (Fsp3) is 0.250. The third-order valence-corrected chi connectivity index (χ3v) is 2.81. The van der Waals surface area contributed by atoms with Crippen LogP contribution in [0.25, 0.3) is 0 Å². The van der Waals surface area contributed by atoms with Crippen LogP contribution in [0.3, 0.4) is 0 Å². The Bertz CT molecular complexity index is 555. The molecule has 2 aromatic carbocycles. The van der Waals surface area contributed by atoms with Crippen LogP contribution in [0.5, 0.6) is 5.75 Å². The summed E-state index contributed by atoms with van der Waals surface area (Å²) in [5.41, 5.74) is 1.13. The molecule has 0 spiro atoms. The van der Waals surface area contributed by atoms with E-state index in [0.717, 1.165) is 35.9 Å². The Labute approximate surface area is 117 Å². The van der Waals surface area contributed by atoms with Crippen LogP contribution in [-0.2, 0) is 6.54 Å². The standard InChI is InChI=1S/C16H17F2NO/c1-2-9-20-14-6-3-12(4-7-14)11-19-16-10-13(17)5-8-15(16)18/h3-8,10,19H,2,9,11H2,1H3. The lowest BCUT2D eigenvalue weighted by Crippen LogP contribution is -2.02. The molecule has 2 aromatic rings. The highest BCUT2D eigenvalue weighted by atomic mass is 19.1. The maximum Gasteiger partial charge on any atom is 0.146 e. The van der Waals surface area contributed by atoms with Crippen molar-refractivity contribution in [2.24, 2.45) is 0 Å². The number of rotatable bonds is 6. The molecule has 0 amide bonds. The van der Waals surface area contributed by atoms with Gasteiger partial charge >= 0.3 is 0 Å². The third-order valence-electron chi connectivity index (χ3n) is 2.81. The summed E-state index contributed by atoms with van der Waals surface area (Å²) in [4.78, 5) is 0. The number of anilines is 1. The molecule has 20 heavy (non-hydrogen) atoms. The highest BCUT2D eigenvalue weighted by Gasteiger charge is 2.03. The van der Waals surface area contributed by atoms with E-state index >= 15 is 0 Å². The van der Waals surface area contributed by atoms with Gasteiger partial charge in [0.25, 0.3) is 0 Å². The number of ether oxygens (including phenoxy) is 1. The van der Waals surface area contributed by atoms with Gasteiger partial charge in [0.05, 0.1) is 12.3 Å². The predicted octanol–water partition coefficient (Wildman–Crippen LogP) is 4.37.